The van der Waals surface area contributed by atoms with E-state index in [-0.39, 0.29) is 18.1 Å². The van der Waals surface area contributed by atoms with Crippen LogP contribution in [0.3, 0.4) is 0 Å². The van der Waals surface area contributed by atoms with Gasteiger partial charge in [-0.25, -0.2) is 4.90 Å². The van der Waals surface area contributed by atoms with Gasteiger partial charge in [0, 0.05) is 13.1 Å². The van der Waals surface area contributed by atoms with Gasteiger partial charge >= 0.3 is 17.9 Å². The van der Waals surface area contributed by atoms with Crippen LogP contribution < -0.4 is 0 Å². The number of ether oxygens (including phenoxy) is 1. The van der Waals surface area contributed by atoms with Crippen LogP contribution in [0.2, 0.25) is 0 Å². The summed E-state index contributed by atoms with van der Waals surface area (Å²) < 4.78 is 82.6. The number of nitrogens with zero attached hydrogens (tertiary/aromatic N) is 1. The van der Waals surface area contributed by atoms with Crippen molar-refractivity contribution in [1.82, 2.24) is 4.90 Å². The fourth-order valence-corrected chi connectivity index (χ4v) is 1.36. The van der Waals surface area contributed by atoms with Crippen LogP contribution in [0.5, 0.6) is 0 Å². The van der Waals surface area contributed by atoms with E-state index in [1.54, 1.807) is 0 Å². The van der Waals surface area contributed by atoms with E-state index in [2.05, 4.69) is 4.74 Å². The van der Waals surface area contributed by atoms with Crippen molar-refractivity contribution in [2.75, 3.05) is 32.9 Å². The van der Waals surface area contributed by atoms with Gasteiger partial charge in [0.15, 0.2) is 0 Å². The lowest BCUT2D eigenvalue weighted by atomic mass is 10.1. The summed E-state index contributed by atoms with van der Waals surface area (Å²) in [5, 5.41) is 8.08. The van der Waals surface area contributed by atoms with Crippen molar-refractivity contribution < 1.29 is 36.2 Å². The molecule has 0 aliphatic carbocycles. The summed E-state index contributed by atoms with van der Waals surface area (Å²) in [5.74, 6) is -10.8. The molecule has 3 nitrogen and oxygen atoms in total. The van der Waals surface area contributed by atoms with Crippen LogP contribution in [-0.2, 0) is 4.74 Å². The Morgan fingerprint density at radius 1 is 1.00 bits per heavy atom. The molecular weight excluding hydrogens is 256 g/mol. The molecule has 0 atom stereocenters. The van der Waals surface area contributed by atoms with E-state index in [1.165, 1.54) is 0 Å². The highest BCUT2D eigenvalue weighted by molar-refractivity contribution is 4.96. The lowest BCUT2D eigenvalue weighted by Crippen LogP contribution is -2.64. The number of hydrogen-bond donors (Lipinski definition) is 1. The largest absolute Gasteiger partial charge is 0.390 e. The van der Waals surface area contributed by atoms with Crippen molar-refractivity contribution in [2.24, 2.45) is 0 Å². The number of rotatable bonds is 4. The lowest BCUT2D eigenvalue weighted by molar-refractivity contribution is -0.364. The summed E-state index contributed by atoms with van der Waals surface area (Å²) in [5.41, 5.74) is 0. The first-order valence-corrected chi connectivity index (χ1v) is 4.74. The highest BCUT2D eigenvalue weighted by Gasteiger charge is 2.73. The minimum absolute atomic E-state index is 0.0694. The maximum atomic E-state index is 13.3. The lowest BCUT2D eigenvalue weighted by Gasteiger charge is -2.40. The zero-order valence-corrected chi connectivity index (χ0v) is 8.61. The molecule has 102 valence electrons. The molecule has 0 aromatic carbocycles. The monoisotopic (exact) mass is 267 g/mol. The Morgan fingerprint density at radius 3 is 1.88 bits per heavy atom. The minimum Gasteiger partial charge on any atom is -0.390 e. The standard InChI is InChI=1S/C8H11F6NO2/c9-6(10,5-16)7(11,12)8(13,14)15-1-3-17-4-2-15/h16H,1-5H2. The summed E-state index contributed by atoms with van der Waals surface area (Å²) in [6.07, 6.45) is 0. The van der Waals surface area contributed by atoms with Crippen molar-refractivity contribution in [2.45, 2.75) is 17.9 Å². The molecule has 0 saturated carbocycles. The molecule has 1 N–H and O–H groups in total. The van der Waals surface area contributed by atoms with Gasteiger partial charge in [-0.3, -0.25) is 0 Å². The van der Waals surface area contributed by atoms with E-state index in [0.717, 1.165) is 0 Å². The third-order valence-corrected chi connectivity index (χ3v) is 2.44. The van der Waals surface area contributed by atoms with Crippen molar-refractivity contribution in [3.63, 3.8) is 0 Å². The van der Waals surface area contributed by atoms with E-state index >= 15 is 0 Å². The van der Waals surface area contributed by atoms with Gasteiger partial charge in [-0.15, -0.1) is 0 Å². The second kappa shape index (κ2) is 4.62. The van der Waals surface area contributed by atoms with Gasteiger partial charge in [0.1, 0.15) is 6.61 Å². The van der Waals surface area contributed by atoms with Gasteiger partial charge in [-0.2, -0.15) is 26.3 Å². The third kappa shape index (κ3) is 2.36. The molecule has 0 bridgehead atoms. The van der Waals surface area contributed by atoms with Crippen LogP contribution in [0, 0.1) is 0 Å². The topological polar surface area (TPSA) is 32.7 Å². The zero-order chi connectivity index (χ0) is 13.3. The molecule has 1 saturated heterocycles. The summed E-state index contributed by atoms with van der Waals surface area (Å²) in [6, 6.07) is -5.04. The predicted octanol–water partition coefficient (Wildman–Crippen LogP) is 1.17. The van der Waals surface area contributed by atoms with Crippen LogP contribution in [0.4, 0.5) is 26.3 Å². The molecule has 0 radical (unpaired) electrons. The predicted molar refractivity (Wildman–Crippen MR) is 44.3 cm³/mol. The van der Waals surface area contributed by atoms with Gasteiger partial charge in [-0.1, -0.05) is 0 Å². The first-order valence-electron chi connectivity index (χ1n) is 4.74. The maximum absolute atomic E-state index is 13.3. The fraction of sp³-hybridized carbons (Fsp3) is 1.00. The smallest absolute Gasteiger partial charge is 0.388 e. The molecule has 1 aliphatic rings. The minimum atomic E-state index is -5.65. The number of aliphatic hydroxyl groups is 1. The summed E-state index contributed by atoms with van der Waals surface area (Å²) in [4.78, 5) is -0.0694. The Kier molecular flexibility index (Phi) is 3.94. The van der Waals surface area contributed by atoms with Gasteiger partial charge in [-0.05, 0) is 0 Å². The normalized spacial score (nSPS) is 20.6. The Bertz CT molecular complexity index is 267. The molecule has 17 heavy (non-hydrogen) atoms. The van der Waals surface area contributed by atoms with Crippen molar-refractivity contribution in [3.05, 3.63) is 0 Å². The van der Waals surface area contributed by atoms with E-state index in [4.69, 9.17) is 5.11 Å². The highest BCUT2D eigenvalue weighted by Crippen LogP contribution is 2.47. The van der Waals surface area contributed by atoms with Gasteiger partial charge < -0.3 is 9.84 Å². The Balaban J connectivity index is 2.94. The van der Waals surface area contributed by atoms with Crippen molar-refractivity contribution >= 4 is 0 Å². The molecule has 0 aromatic rings. The summed E-state index contributed by atoms with van der Waals surface area (Å²) >= 11 is 0. The Hall–Kier alpha value is -0.540. The van der Waals surface area contributed by atoms with E-state index in [9.17, 15) is 26.3 Å². The molecule has 1 heterocycles. The van der Waals surface area contributed by atoms with Gasteiger partial charge in [0.25, 0.3) is 0 Å². The van der Waals surface area contributed by atoms with E-state index < -0.39 is 37.6 Å². The first-order chi connectivity index (χ1) is 7.67. The van der Waals surface area contributed by atoms with E-state index in [1.807, 2.05) is 0 Å². The van der Waals surface area contributed by atoms with Crippen molar-refractivity contribution in [3.8, 4) is 0 Å². The average Bonchev–Trinajstić information content (AvgIpc) is 2.29. The van der Waals surface area contributed by atoms with Crippen LogP contribution in [0.25, 0.3) is 0 Å². The Labute approximate surface area is 92.9 Å². The molecule has 1 aliphatic heterocycles. The molecule has 9 heteroatoms. The molecule has 1 rings (SSSR count). The molecule has 1 fully saturated rings. The zero-order valence-electron chi connectivity index (χ0n) is 8.61. The first kappa shape index (κ1) is 14.5. The second-order valence-corrected chi connectivity index (χ2v) is 3.58. The van der Waals surface area contributed by atoms with Crippen molar-refractivity contribution in [1.29, 1.82) is 0 Å². The fourth-order valence-electron chi connectivity index (χ4n) is 1.36. The number of aliphatic hydroxyl groups excluding tert-OH is 1. The van der Waals surface area contributed by atoms with Gasteiger partial charge in [0.05, 0.1) is 13.2 Å². The summed E-state index contributed by atoms with van der Waals surface area (Å²) in [7, 11) is 0. The molecule has 0 aromatic heterocycles. The average molecular weight is 267 g/mol. The second-order valence-electron chi connectivity index (χ2n) is 3.58. The number of morpholine rings is 1. The third-order valence-electron chi connectivity index (χ3n) is 2.44. The highest BCUT2D eigenvalue weighted by atomic mass is 19.3. The molecule has 0 amide bonds. The number of alkyl halides is 6. The quantitative estimate of drug-likeness (QED) is 0.613. The van der Waals surface area contributed by atoms with Gasteiger partial charge in [0.2, 0.25) is 0 Å². The number of hydrogen-bond acceptors (Lipinski definition) is 3. The maximum Gasteiger partial charge on any atom is 0.388 e. The SMILES string of the molecule is OCC(F)(F)C(F)(F)C(F)(F)N1CCOCC1. The molecule has 0 spiro atoms. The van der Waals surface area contributed by atoms with Crippen LogP contribution in [-0.4, -0.2) is 60.8 Å². The van der Waals surface area contributed by atoms with Crippen LogP contribution in [0.1, 0.15) is 0 Å². The molecule has 0 unspecified atom stereocenters. The molecular formula is C8H11F6NO2. The van der Waals surface area contributed by atoms with Crippen LogP contribution in [0.15, 0.2) is 0 Å². The Morgan fingerprint density at radius 2 is 1.47 bits per heavy atom. The van der Waals surface area contributed by atoms with E-state index in [0.29, 0.717) is 0 Å². The van der Waals surface area contributed by atoms with Crippen LogP contribution >= 0.6 is 0 Å². The number of halogens is 6. The summed E-state index contributed by atoms with van der Waals surface area (Å²) in [6.45, 7) is -3.99.